The van der Waals surface area contributed by atoms with E-state index in [0.717, 1.165) is 5.56 Å². The van der Waals surface area contributed by atoms with E-state index in [1.165, 1.54) is 25.3 Å². The Morgan fingerprint density at radius 3 is 2.61 bits per heavy atom. The average molecular weight is 249 g/mol. The predicted octanol–water partition coefficient (Wildman–Crippen LogP) is 3.33. The fourth-order valence-electron chi connectivity index (χ4n) is 2.92. The van der Waals surface area contributed by atoms with E-state index in [-0.39, 0.29) is 17.5 Å². The van der Waals surface area contributed by atoms with Crippen LogP contribution in [0.25, 0.3) is 0 Å². The summed E-state index contributed by atoms with van der Waals surface area (Å²) >= 11 is 0. The maximum absolute atomic E-state index is 9.84. The fourth-order valence-corrected chi connectivity index (χ4v) is 2.92. The highest BCUT2D eigenvalue weighted by Gasteiger charge is 2.31. The number of hydrogen-bond acceptors (Lipinski definition) is 3. The van der Waals surface area contributed by atoms with Gasteiger partial charge >= 0.3 is 0 Å². The summed E-state index contributed by atoms with van der Waals surface area (Å²) in [5.74, 6) is 0.262. The summed E-state index contributed by atoms with van der Waals surface area (Å²) in [6.07, 6.45) is 3.62. The average Bonchev–Trinajstić information content (AvgIpc) is 2.57. The lowest BCUT2D eigenvalue weighted by molar-refractivity contribution is 0.354. The highest BCUT2D eigenvalue weighted by atomic mass is 16.3. The summed E-state index contributed by atoms with van der Waals surface area (Å²) in [5.41, 5.74) is 1.27. The molecule has 0 spiro atoms. The van der Waals surface area contributed by atoms with E-state index in [4.69, 9.17) is 0 Å². The largest absolute Gasteiger partial charge is 0.508 e. The van der Waals surface area contributed by atoms with Crippen molar-refractivity contribution in [2.45, 2.75) is 52.1 Å². The first-order chi connectivity index (χ1) is 8.37. The molecule has 2 atom stereocenters. The van der Waals surface area contributed by atoms with E-state index in [1.807, 2.05) is 0 Å². The van der Waals surface area contributed by atoms with Gasteiger partial charge in [0.2, 0.25) is 0 Å². The van der Waals surface area contributed by atoms with E-state index in [9.17, 15) is 10.2 Å². The van der Waals surface area contributed by atoms with Crippen LogP contribution in [0.2, 0.25) is 0 Å². The third-order valence-corrected chi connectivity index (χ3v) is 3.93. The normalized spacial score (nSPS) is 24.1. The molecule has 1 aliphatic carbocycles. The standard InChI is InChI=1S/C15H23NO2/c1-10(13-5-4-12(17)8-14(13)18)16-11-6-7-15(2,3)9-11/h4-5,8,10-11,16-18H,6-7,9H2,1-3H3. The molecule has 0 heterocycles. The first-order valence-electron chi connectivity index (χ1n) is 6.65. The summed E-state index contributed by atoms with van der Waals surface area (Å²) in [4.78, 5) is 0. The van der Waals surface area contributed by atoms with Crippen LogP contribution in [0.5, 0.6) is 11.5 Å². The molecule has 1 aromatic carbocycles. The minimum atomic E-state index is 0.101. The first kappa shape index (κ1) is 13.2. The number of hydrogen-bond donors (Lipinski definition) is 3. The molecular weight excluding hydrogens is 226 g/mol. The smallest absolute Gasteiger partial charge is 0.124 e. The summed E-state index contributed by atoms with van der Waals surface area (Å²) in [5, 5.41) is 22.7. The molecule has 0 aromatic heterocycles. The third kappa shape index (κ3) is 2.96. The van der Waals surface area contributed by atoms with Crippen LogP contribution in [0.4, 0.5) is 0 Å². The molecule has 0 radical (unpaired) electrons. The minimum absolute atomic E-state index is 0.101. The second-order valence-electron chi connectivity index (χ2n) is 6.24. The van der Waals surface area contributed by atoms with Gasteiger partial charge in [0.1, 0.15) is 11.5 Å². The Morgan fingerprint density at radius 1 is 1.33 bits per heavy atom. The molecule has 2 unspecified atom stereocenters. The number of phenols is 2. The second kappa shape index (κ2) is 4.81. The highest BCUT2D eigenvalue weighted by Crippen LogP contribution is 2.38. The Morgan fingerprint density at radius 2 is 2.06 bits per heavy atom. The maximum atomic E-state index is 9.84. The van der Waals surface area contributed by atoms with Crippen molar-refractivity contribution in [2.24, 2.45) is 5.41 Å². The fraction of sp³-hybridized carbons (Fsp3) is 0.600. The second-order valence-corrected chi connectivity index (χ2v) is 6.24. The number of phenolic OH excluding ortho intramolecular Hbond substituents is 2. The van der Waals surface area contributed by atoms with Crippen LogP contribution in [-0.4, -0.2) is 16.3 Å². The van der Waals surface area contributed by atoms with Gasteiger partial charge in [-0.3, -0.25) is 0 Å². The summed E-state index contributed by atoms with van der Waals surface area (Å²) in [7, 11) is 0. The van der Waals surface area contributed by atoms with Crippen LogP contribution in [-0.2, 0) is 0 Å². The van der Waals surface area contributed by atoms with Crippen molar-refractivity contribution in [3.8, 4) is 11.5 Å². The Kier molecular flexibility index (Phi) is 3.53. The van der Waals surface area contributed by atoms with Crippen LogP contribution in [0.15, 0.2) is 18.2 Å². The SMILES string of the molecule is CC(NC1CCC(C)(C)C1)c1ccc(O)cc1O. The van der Waals surface area contributed by atoms with E-state index >= 15 is 0 Å². The van der Waals surface area contributed by atoms with Crippen molar-refractivity contribution in [3.05, 3.63) is 23.8 Å². The summed E-state index contributed by atoms with van der Waals surface area (Å²) in [6, 6.07) is 5.41. The van der Waals surface area contributed by atoms with Crippen molar-refractivity contribution in [1.29, 1.82) is 0 Å². The molecule has 1 fully saturated rings. The van der Waals surface area contributed by atoms with Gasteiger partial charge in [-0.1, -0.05) is 19.9 Å². The van der Waals surface area contributed by atoms with E-state index in [1.54, 1.807) is 12.1 Å². The Labute approximate surface area is 109 Å². The molecule has 0 saturated heterocycles. The number of nitrogens with one attached hydrogen (secondary N) is 1. The molecule has 100 valence electrons. The van der Waals surface area contributed by atoms with Crippen molar-refractivity contribution < 1.29 is 10.2 Å². The van der Waals surface area contributed by atoms with Gasteiger partial charge in [0, 0.05) is 23.7 Å². The Bertz CT molecular complexity index is 429. The number of benzene rings is 1. The summed E-state index contributed by atoms with van der Waals surface area (Å²) in [6.45, 7) is 6.66. The first-order valence-corrected chi connectivity index (χ1v) is 6.65. The van der Waals surface area contributed by atoms with Gasteiger partial charge in [0.25, 0.3) is 0 Å². The van der Waals surface area contributed by atoms with Gasteiger partial charge in [0.15, 0.2) is 0 Å². The Hall–Kier alpha value is -1.22. The maximum Gasteiger partial charge on any atom is 0.124 e. The van der Waals surface area contributed by atoms with Gasteiger partial charge < -0.3 is 15.5 Å². The molecule has 3 heteroatoms. The van der Waals surface area contributed by atoms with Crippen molar-refractivity contribution in [1.82, 2.24) is 5.32 Å². The molecule has 2 rings (SSSR count). The van der Waals surface area contributed by atoms with Gasteiger partial charge in [-0.25, -0.2) is 0 Å². The van der Waals surface area contributed by atoms with Gasteiger partial charge in [-0.2, -0.15) is 0 Å². The number of rotatable bonds is 3. The monoisotopic (exact) mass is 249 g/mol. The molecule has 0 aliphatic heterocycles. The van der Waals surface area contributed by atoms with E-state index < -0.39 is 0 Å². The predicted molar refractivity (Wildman–Crippen MR) is 72.7 cm³/mol. The quantitative estimate of drug-likeness (QED) is 0.770. The Balaban J connectivity index is 2.02. The van der Waals surface area contributed by atoms with Crippen LogP contribution in [0.3, 0.4) is 0 Å². The zero-order valence-electron chi connectivity index (χ0n) is 11.4. The van der Waals surface area contributed by atoms with Gasteiger partial charge in [-0.05, 0) is 37.7 Å². The van der Waals surface area contributed by atoms with E-state index in [0.29, 0.717) is 11.5 Å². The third-order valence-electron chi connectivity index (χ3n) is 3.93. The minimum Gasteiger partial charge on any atom is -0.508 e. The van der Waals surface area contributed by atoms with Crippen LogP contribution >= 0.6 is 0 Å². The van der Waals surface area contributed by atoms with Crippen LogP contribution < -0.4 is 5.32 Å². The lowest BCUT2D eigenvalue weighted by Crippen LogP contribution is -2.30. The molecule has 1 aliphatic rings. The van der Waals surface area contributed by atoms with E-state index in [2.05, 4.69) is 26.1 Å². The molecular formula is C15H23NO2. The van der Waals surface area contributed by atoms with Crippen molar-refractivity contribution in [3.63, 3.8) is 0 Å². The molecule has 1 aromatic rings. The zero-order chi connectivity index (χ0) is 13.3. The summed E-state index contributed by atoms with van der Waals surface area (Å²) < 4.78 is 0. The van der Waals surface area contributed by atoms with Gasteiger partial charge in [0.05, 0.1) is 0 Å². The molecule has 0 bridgehead atoms. The molecule has 0 amide bonds. The molecule has 3 N–H and O–H groups in total. The number of aromatic hydroxyl groups is 2. The lowest BCUT2D eigenvalue weighted by atomic mass is 9.91. The van der Waals surface area contributed by atoms with Crippen LogP contribution in [0, 0.1) is 5.41 Å². The highest BCUT2D eigenvalue weighted by molar-refractivity contribution is 5.40. The molecule has 1 saturated carbocycles. The van der Waals surface area contributed by atoms with Crippen molar-refractivity contribution in [2.75, 3.05) is 0 Å². The molecule has 3 nitrogen and oxygen atoms in total. The van der Waals surface area contributed by atoms with Crippen molar-refractivity contribution >= 4 is 0 Å². The lowest BCUT2D eigenvalue weighted by Gasteiger charge is -2.22. The van der Waals surface area contributed by atoms with Gasteiger partial charge in [-0.15, -0.1) is 0 Å². The molecule has 18 heavy (non-hydrogen) atoms. The van der Waals surface area contributed by atoms with Crippen LogP contribution in [0.1, 0.15) is 51.6 Å². The zero-order valence-corrected chi connectivity index (χ0v) is 11.4. The topological polar surface area (TPSA) is 52.5 Å².